The fraction of sp³-hybridized carbons (Fsp3) is 0.346. The van der Waals surface area contributed by atoms with Crippen molar-refractivity contribution in [2.45, 2.75) is 58.2 Å². The van der Waals surface area contributed by atoms with E-state index in [0.29, 0.717) is 23.3 Å². The van der Waals surface area contributed by atoms with Crippen LogP contribution in [0.25, 0.3) is 22.2 Å². The van der Waals surface area contributed by atoms with Crippen molar-refractivity contribution in [3.05, 3.63) is 80.1 Å². The van der Waals surface area contributed by atoms with Gasteiger partial charge in [0.25, 0.3) is 11.1 Å². The molecular formula is C26H26F4N6O2. The summed E-state index contributed by atoms with van der Waals surface area (Å²) in [6.45, 7) is 2.79. The number of fused-ring (bicyclic) bond motifs is 2. The molecule has 0 amide bonds. The van der Waals surface area contributed by atoms with Gasteiger partial charge in [-0.15, -0.1) is 0 Å². The number of anilines is 1. The number of alkyl halides is 3. The van der Waals surface area contributed by atoms with Crippen LogP contribution in [0.4, 0.5) is 23.2 Å². The van der Waals surface area contributed by atoms with Crippen LogP contribution in [-0.2, 0) is 25.6 Å². The van der Waals surface area contributed by atoms with Crippen molar-refractivity contribution in [3.63, 3.8) is 0 Å². The van der Waals surface area contributed by atoms with Gasteiger partial charge in [-0.1, -0.05) is 19.8 Å². The summed E-state index contributed by atoms with van der Waals surface area (Å²) in [6, 6.07) is 4.90. The number of unbranched alkanes of at least 4 members (excludes halogenated alkanes) is 2. The van der Waals surface area contributed by atoms with E-state index in [4.69, 9.17) is 5.73 Å². The lowest BCUT2D eigenvalue weighted by Gasteiger charge is -2.09. The highest BCUT2D eigenvalue weighted by Crippen LogP contribution is 2.29. The molecule has 3 heterocycles. The fourth-order valence-electron chi connectivity index (χ4n) is 4.33. The lowest BCUT2D eigenvalue weighted by atomic mass is 10.1. The summed E-state index contributed by atoms with van der Waals surface area (Å²) in [5, 5.41) is 5.87. The fourth-order valence-corrected chi connectivity index (χ4v) is 4.33. The molecular weight excluding hydrogens is 504 g/mol. The molecule has 1 aliphatic carbocycles. The molecule has 0 saturated heterocycles. The Kier molecular flexibility index (Phi) is 7.88. The van der Waals surface area contributed by atoms with Crippen LogP contribution in [0.1, 0.15) is 49.4 Å². The number of hydrogen-bond acceptors (Lipinski definition) is 6. The molecule has 0 bridgehead atoms. The van der Waals surface area contributed by atoms with Crippen molar-refractivity contribution in [2.75, 3.05) is 5.73 Å². The number of benzene rings is 1. The first-order chi connectivity index (χ1) is 18.1. The minimum atomic E-state index is -4.74. The molecule has 1 aromatic carbocycles. The summed E-state index contributed by atoms with van der Waals surface area (Å²) in [7, 11) is 0. The molecule has 0 aliphatic heterocycles. The van der Waals surface area contributed by atoms with Gasteiger partial charge in [-0.3, -0.25) is 9.59 Å². The first-order valence-electron chi connectivity index (χ1n) is 12.2. The highest BCUT2D eigenvalue weighted by atomic mass is 19.4. The van der Waals surface area contributed by atoms with Gasteiger partial charge < -0.3 is 10.3 Å². The number of aromatic nitrogens is 5. The smallest absolute Gasteiger partial charge is 0.397 e. The third-order valence-corrected chi connectivity index (χ3v) is 6.29. The van der Waals surface area contributed by atoms with Crippen LogP contribution in [0.15, 0.2) is 46.4 Å². The van der Waals surface area contributed by atoms with Gasteiger partial charge in [0.15, 0.2) is 5.82 Å². The molecule has 38 heavy (non-hydrogen) atoms. The van der Waals surface area contributed by atoms with Crippen LogP contribution in [0, 0.1) is 5.82 Å². The van der Waals surface area contributed by atoms with E-state index in [-0.39, 0.29) is 5.56 Å². The number of nitrogens with zero attached hydrogens (tertiary/aromatic N) is 4. The Bertz CT molecular complexity index is 1580. The number of aromatic amines is 1. The van der Waals surface area contributed by atoms with Gasteiger partial charge in [0.2, 0.25) is 0 Å². The number of pyridine rings is 1. The quantitative estimate of drug-likeness (QED) is 0.286. The number of rotatable bonds is 5. The predicted octanol–water partition coefficient (Wildman–Crippen LogP) is 4.65. The Labute approximate surface area is 214 Å². The van der Waals surface area contributed by atoms with Crippen LogP contribution in [0.5, 0.6) is 0 Å². The van der Waals surface area contributed by atoms with Gasteiger partial charge >= 0.3 is 6.18 Å². The number of halogens is 4. The number of H-pyrrole nitrogens is 1. The normalized spacial score (nSPS) is 12.8. The van der Waals surface area contributed by atoms with Gasteiger partial charge in [-0.05, 0) is 54.8 Å². The molecule has 4 aromatic rings. The van der Waals surface area contributed by atoms with Crippen molar-refractivity contribution < 1.29 is 17.6 Å². The van der Waals surface area contributed by atoms with E-state index in [1.54, 1.807) is 28.1 Å². The van der Waals surface area contributed by atoms with E-state index in [9.17, 15) is 27.2 Å². The number of nitrogen functional groups attached to an aromatic ring is 1. The summed E-state index contributed by atoms with van der Waals surface area (Å²) in [4.78, 5) is 32.1. The minimum absolute atomic E-state index is 0.140. The maximum absolute atomic E-state index is 14.7. The van der Waals surface area contributed by atoms with E-state index >= 15 is 0 Å². The molecule has 1 aliphatic rings. The highest BCUT2D eigenvalue weighted by Gasteiger charge is 2.36. The van der Waals surface area contributed by atoms with Crippen molar-refractivity contribution in [2.24, 2.45) is 0 Å². The number of nitrogens with one attached hydrogen (secondary N) is 1. The number of hydrogen-bond donors (Lipinski definition) is 2. The average Bonchev–Trinajstić information content (AvgIpc) is 3.33. The summed E-state index contributed by atoms with van der Waals surface area (Å²) in [6.07, 6.45) is 5.72. The second-order valence-corrected chi connectivity index (χ2v) is 8.99. The standard InChI is InChI=1S/C21H22FN3O.C5H4F3N3O/c1-2-3-4-9-25-10-8-14-11-17(18(22)12-16(14)21(25)26)20-23-13-15-6-5-7-19(15)24-20;6-5(7,8)3-2(9)1-10-11-4(3)12/h8,10-13H,2-7,9H2,1H3;1H,(H3,9,11,12). The van der Waals surface area contributed by atoms with Crippen LogP contribution in [-0.4, -0.2) is 24.7 Å². The Balaban J connectivity index is 0.000000236. The van der Waals surface area contributed by atoms with Crippen molar-refractivity contribution in [1.82, 2.24) is 24.7 Å². The van der Waals surface area contributed by atoms with E-state index in [0.717, 1.165) is 61.4 Å². The molecule has 0 unspecified atom stereocenters. The Hall–Kier alpha value is -4.09. The average molecular weight is 531 g/mol. The zero-order valence-corrected chi connectivity index (χ0v) is 20.6. The monoisotopic (exact) mass is 530 g/mol. The molecule has 8 nitrogen and oxygen atoms in total. The lowest BCUT2D eigenvalue weighted by Crippen LogP contribution is -2.24. The Morgan fingerprint density at radius 2 is 1.92 bits per heavy atom. The maximum atomic E-state index is 14.7. The Morgan fingerprint density at radius 1 is 1.13 bits per heavy atom. The predicted molar refractivity (Wildman–Crippen MR) is 135 cm³/mol. The van der Waals surface area contributed by atoms with E-state index in [1.807, 2.05) is 6.07 Å². The van der Waals surface area contributed by atoms with Gasteiger partial charge in [0.05, 0.1) is 22.8 Å². The topological polar surface area (TPSA) is 120 Å². The summed E-state index contributed by atoms with van der Waals surface area (Å²) < 4.78 is 52.4. The van der Waals surface area contributed by atoms with Gasteiger partial charge in [-0.2, -0.15) is 18.3 Å². The second-order valence-electron chi connectivity index (χ2n) is 8.99. The summed E-state index contributed by atoms with van der Waals surface area (Å²) in [5.74, 6) is -0.0453. The third-order valence-electron chi connectivity index (χ3n) is 6.29. The molecule has 0 atom stereocenters. The molecule has 0 saturated carbocycles. The summed E-state index contributed by atoms with van der Waals surface area (Å²) >= 11 is 0. The molecule has 200 valence electrons. The van der Waals surface area contributed by atoms with Crippen LogP contribution >= 0.6 is 0 Å². The largest absolute Gasteiger partial charge is 0.423 e. The molecule has 0 spiro atoms. The van der Waals surface area contributed by atoms with Crippen LogP contribution < -0.4 is 16.9 Å². The first kappa shape index (κ1) is 27.0. The maximum Gasteiger partial charge on any atom is 0.423 e. The SMILES string of the molecule is CCCCCn1ccc2cc(-c3ncc4c(n3)CCC4)c(F)cc2c1=O.Nc1cn[nH]c(=O)c1C(F)(F)F. The van der Waals surface area contributed by atoms with Crippen molar-refractivity contribution in [3.8, 4) is 11.4 Å². The van der Waals surface area contributed by atoms with Crippen LogP contribution in [0.3, 0.4) is 0 Å². The van der Waals surface area contributed by atoms with Gasteiger partial charge in [0.1, 0.15) is 11.4 Å². The molecule has 5 rings (SSSR count). The zero-order chi connectivity index (χ0) is 27.4. The van der Waals surface area contributed by atoms with Gasteiger partial charge in [-0.25, -0.2) is 19.5 Å². The minimum Gasteiger partial charge on any atom is -0.397 e. The first-order valence-corrected chi connectivity index (χ1v) is 12.2. The molecule has 0 fully saturated rings. The molecule has 3 aromatic heterocycles. The highest BCUT2D eigenvalue weighted by molar-refractivity contribution is 5.86. The molecule has 12 heteroatoms. The Morgan fingerprint density at radius 3 is 2.61 bits per heavy atom. The van der Waals surface area contributed by atoms with Crippen molar-refractivity contribution >= 4 is 16.5 Å². The second kappa shape index (κ2) is 11.1. The molecule has 0 radical (unpaired) electrons. The third kappa shape index (κ3) is 5.74. The lowest BCUT2D eigenvalue weighted by molar-refractivity contribution is -0.138. The van der Waals surface area contributed by atoms with E-state index in [2.05, 4.69) is 22.0 Å². The number of aryl methyl sites for hydroxylation is 3. The van der Waals surface area contributed by atoms with Crippen LogP contribution in [0.2, 0.25) is 0 Å². The summed E-state index contributed by atoms with van der Waals surface area (Å²) in [5.41, 5.74) is 3.88. The van der Waals surface area contributed by atoms with Crippen molar-refractivity contribution in [1.29, 1.82) is 0 Å². The number of nitrogens with two attached hydrogens (primary N) is 1. The molecule has 3 N–H and O–H groups in total. The van der Waals surface area contributed by atoms with Gasteiger partial charge in [0, 0.05) is 24.6 Å². The zero-order valence-electron chi connectivity index (χ0n) is 20.6. The van der Waals surface area contributed by atoms with E-state index in [1.165, 1.54) is 6.07 Å². The van der Waals surface area contributed by atoms with E-state index < -0.39 is 28.8 Å².